The van der Waals surface area contributed by atoms with Gasteiger partial charge in [0.25, 0.3) is 0 Å². The van der Waals surface area contributed by atoms with Crippen molar-refractivity contribution in [2.75, 3.05) is 13.1 Å². The van der Waals surface area contributed by atoms with Crippen LogP contribution < -0.4 is 0 Å². The van der Waals surface area contributed by atoms with Gasteiger partial charge in [-0.2, -0.15) is 0 Å². The van der Waals surface area contributed by atoms with Gasteiger partial charge in [0, 0.05) is 12.6 Å². The predicted molar refractivity (Wildman–Crippen MR) is 77.0 cm³/mol. The number of esters is 1. The van der Waals surface area contributed by atoms with Crippen molar-refractivity contribution in [3.8, 4) is 0 Å². The molecular formula is C16H29NO2. The number of carbonyl (C=O) groups excluding carboxylic acids is 1. The molecule has 1 aliphatic heterocycles. The van der Waals surface area contributed by atoms with Gasteiger partial charge in [0.1, 0.15) is 5.60 Å². The summed E-state index contributed by atoms with van der Waals surface area (Å²) >= 11 is 0. The Morgan fingerprint density at radius 3 is 2.58 bits per heavy atom. The van der Waals surface area contributed by atoms with E-state index < -0.39 is 0 Å². The van der Waals surface area contributed by atoms with Crippen LogP contribution >= 0.6 is 0 Å². The summed E-state index contributed by atoms with van der Waals surface area (Å²) in [7, 11) is 0. The van der Waals surface area contributed by atoms with Gasteiger partial charge in [-0.1, -0.05) is 12.8 Å². The highest BCUT2D eigenvalue weighted by molar-refractivity contribution is 5.70. The molecule has 1 heterocycles. The van der Waals surface area contributed by atoms with Gasteiger partial charge in [-0.15, -0.1) is 0 Å². The molecule has 0 bridgehead atoms. The molecule has 0 radical (unpaired) electrons. The monoisotopic (exact) mass is 267 g/mol. The van der Waals surface area contributed by atoms with Crippen molar-refractivity contribution >= 4 is 5.97 Å². The maximum absolute atomic E-state index is 11.8. The Hall–Kier alpha value is -0.570. The van der Waals surface area contributed by atoms with Crippen LogP contribution in [0, 0.1) is 5.92 Å². The molecule has 3 heteroatoms. The molecule has 1 aliphatic carbocycles. The minimum atomic E-state index is -0.355. The fourth-order valence-electron chi connectivity index (χ4n) is 3.63. The van der Waals surface area contributed by atoms with Gasteiger partial charge < -0.3 is 4.74 Å². The summed E-state index contributed by atoms with van der Waals surface area (Å²) in [5.74, 6) is 0.839. The third-order valence-electron chi connectivity index (χ3n) is 4.38. The Bertz CT molecular complexity index is 306. The first-order chi connectivity index (χ1) is 8.96. The van der Waals surface area contributed by atoms with E-state index in [0.717, 1.165) is 18.5 Å². The lowest BCUT2D eigenvalue weighted by Gasteiger charge is -2.44. The van der Waals surface area contributed by atoms with Crippen molar-refractivity contribution in [2.24, 2.45) is 5.92 Å². The van der Waals surface area contributed by atoms with E-state index in [1.165, 1.54) is 45.1 Å². The smallest absolute Gasteiger partial charge is 0.307 e. The number of hydrogen-bond acceptors (Lipinski definition) is 3. The van der Waals surface area contributed by atoms with E-state index >= 15 is 0 Å². The zero-order valence-corrected chi connectivity index (χ0v) is 12.8. The van der Waals surface area contributed by atoms with Crippen molar-refractivity contribution in [3.63, 3.8) is 0 Å². The lowest BCUT2D eigenvalue weighted by Crippen LogP contribution is -2.47. The zero-order chi connectivity index (χ0) is 13.9. The van der Waals surface area contributed by atoms with E-state index in [2.05, 4.69) is 4.90 Å². The summed E-state index contributed by atoms with van der Waals surface area (Å²) in [5.41, 5.74) is -0.355. The van der Waals surface area contributed by atoms with Gasteiger partial charge >= 0.3 is 5.97 Å². The molecule has 110 valence electrons. The Balaban J connectivity index is 1.79. The van der Waals surface area contributed by atoms with Crippen LogP contribution in [0.25, 0.3) is 0 Å². The molecular weight excluding hydrogens is 238 g/mol. The van der Waals surface area contributed by atoms with Crippen LogP contribution in [0.15, 0.2) is 0 Å². The number of piperidine rings is 1. The minimum absolute atomic E-state index is 0.0505. The number of rotatable bonds is 3. The summed E-state index contributed by atoms with van der Waals surface area (Å²) in [5, 5.41) is 0. The normalized spacial score (nSPS) is 28.8. The van der Waals surface area contributed by atoms with Crippen LogP contribution in [-0.2, 0) is 9.53 Å². The number of hydrogen-bond donors (Lipinski definition) is 0. The predicted octanol–water partition coefficient (Wildman–Crippen LogP) is 3.37. The highest BCUT2D eigenvalue weighted by Gasteiger charge is 2.33. The van der Waals surface area contributed by atoms with Gasteiger partial charge in [0.15, 0.2) is 0 Å². The SMILES string of the molecule is CC(C)(C)OC(=O)CCN1CCC[C@H]2CCCC[C@H]21. The molecule has 0 amide bonds. The molecule has 0 N–H and O–H groups in total. The third kappa shape index (κ3) is 4.48. The van der Waals surface area contributed by atoms with E-state index in [1.54, 1.807) is 0 Å². The van der Waals surface area contributed by atoms with Gasteiger partial charge in [-0.05, 0) is 58.9 Å². The highest BCUT2D eigenvalue weighted by Crippen LogP contribution is 2.35. The Kier molecular flexibility index (Phi) is 4.88. The third-order valence-corrected chi connectivity index (χ3v) is 4.38. The van der Waals surface area contributed by atoms with Gasteiger partial charge in [-0.3, -0.25) is 9.69 Å². The van der Waals surface area contributed by atoms with Gasteiger partial charge in [0.05, 0.1) is 6.42 Å². The van der Waals surface area contributed by atoms with Crippen molar-refractivity contribution in [2.45, 2.75) is 77.4 Å². The van der Waals surface area contributed by atoms with Crippen LogP contribution in [0.1, 0.15) is 65.7 Å². The number of nitrogens with zero attached hydrogens (tertiary/aromatic N) is 1. The quantitative estimate of drug-likeness (QED) is 0.734. The molecule has 0 spiro atoms. The topological polar surface area (TPSA) is 29.5 Å². The summed E-state index contributed by atoms with van der Waals surface area (Å²) in [6.07, 6.45) is 8.74. The Morgan fingerprint density at radius 1 is 1.16 bits per heavy atom. The second-order valence-electron chi connectivity index (χ2n) is 7.13. The van der Waals surface area contributed by atoms with Crippen LogP contribution in [-0.4, -0.2) is 35.6 Å². The molecule has 1 saturated carbocycles. The Labute approximate surface area is 117 Å². The van der Waals surface area contributed by atoms with Crippen molar-refractivity contribution < 1.29 is 9.53 Å². The van der Waals surface area contributed by atoms with Crippen molar-refractivity contribution in [1.29, 1.82) is 0 Å². The molecule has 3 nitrogen and oxygen atoms in total. The largest absolute Gasteiger partial charge is 0.460 e. The van der Waals surface area contributed by atoms with Crippen molar-refractivity contribution in [1.82, 2.24) is 4.90 Å². The van der Waals surface area contributed by atoms with Crippen molar-refractivity contribution in [3.05, 3.63) is 0 Å². The molecule has 2 aliphatic rings. The molecule has 0 aromatic rings. The van der Waals surface area contributed by atoms with Gasteiger partial charge in [-0.25, -0.2) is 0 Å². The average Bonchev–Trinajstić information content (AvgIpc) is 2.34. The fourth-order valence-corrected chi connectivity index (χ4v) is 3.63. The molecule has 0 aromatic heterocycles. The van der Waals surface area contributed by atoms with E-state index in [1.807, 2.05) is 20.8 Å². The first kappa shape index (κ1) is 14.8. The van der Waals surface area contributed by atoms with Gasteiger partial charge in [0.2, 0.25) is 0 Å². The number of carbonyl (C=O) groups is 1. The van der Waals surface area contributed by atoms with E-state index in [4.69, 9.17) is 4.74 Å². The molecule has 2 rings (SSSR count). The number of ether oxygens (including phenoxy) is 1. The summed E-state index contributed by atoms with van der Waals surface area (Å²) in [6.45, 7) is 7.86. The van der Waals surface area contributed by atoms with E-state index in [0.29, 0.717) is 6.42 Å². The highest BCUT2D eigenvalue weighted by atomic mass is 16.6. The van der Waals surface area contributed by atoms with Crippen LogP contribution in [0.4, 0.5) is 0 Å². The summed E-state index contributed by atoms with van der Waals surface area (Å²) in [6, 6.07) is 0.741. The number of fused-ring (bicyclic) bond motifs is 1. The second-order valence-corrected chi connectivity index (χ2v) is 7.13. The zero-order valence-electron chi connectivity index (χ0n) is 12.8. The summed E-state index contributed by atoms with van der Waals surface area (Å²) in [4.78, 5) is 14.4. The standard InChI is InChI=1S/C16H29NO2/c1-16(2,3)19-15(18)10-12-17-11-6-8-13-7-4-5-9-14(13)17/h13-14H,4-12H2,1-3H3/t13-,14-/m1/s1. The fraction of sp³-hybridized carbons (Fsp3) is 0.938. The van der Waals surface area contributed by atoms with E-state index in [9.17, 15) is 4.79 Å². The first-order valence-corrected chi connectivity index (χ1v) is 7.91. The minimum Gasteiger partial charge on any atom is -0.460 e. The molecule has 2 fully saturated rings. The maximum atomic E-state index is 11.8. The molecule has 19 heavy (non-hydrogen) atoms. The second kappa shape index (κ2) is 6.25. The van der Waals surface area contributed by atoms with Crippen LogP contribution in [0.5, 0.6) is 0 Å². The van der Waals surface area contributed by atoms with E-state index in [-0.39, 0.29) is 11.6 Å². The molecule has 0 unspecified atom stereocenters. The molecule has 0 aromatic carbocycles. The maximum Gasteiger partial charge on any atom is 0.307 e. The first-order valence-electron chi connectivity index (χ1n) is 7.91. The Morgan fingerprint density at radius 2 is 1.84 bits per heavy atom. The average molecular weight is 267 g/mol. The number of likely N-dealkylation sites (tertiary alicyclic amines) is 1. The van der Waals surface area contributed by atoms with Crippen LogP contribution in [0.3, 0.4) is 0 Å². The van der Waals surface area contributed by atoms with Crippen LogP contribution in [0.2, 0.25) is 0 Å². The summed E-state index contributed by atoms with van der Waals surface area (Å²) < 4.78 is 5.40. The lowest BCUT2D eigenvalue weighted by molar-refractivity contribution is -0.155. The molecule has 1 saturated heterocycles. The molecule has 2 atom stereocenters. The lowest BCUT2D eigenvalue weighted by atomic mass is 9.78.